The molecule has 2 rings (SSSR count). The van der Waals surface area contributed by atoms with Crippen molar-refractivity contribution in [2.45, 2.75) is 31.7 Å². The van der Waals surface area contributed by atoms with Gasteiger partial charge in [0, 0.05) is 6.54 Å². The first-order valence-electron chi connectivity index (χ1n) is 5.65. The number of carbonyl (C=O) groups is 1. The van der Waals surface area contributed by atoms with Crippen molar-refractivity contribution in [2.24, 2.45) is 0 Å². The van der Waals surface area contributed by atoms with E-state index in [4.69, 9.17) is 0 Å². The number of nitrogens with zero attached hydrogens (tertiary/aromatic N) is 2. The summed E-state index contributed by atoms with van der Waals surface area (Å²) >= 11 is 0. The first-order valence-corrected chi connectivity index (χ1v) is 5.65. The van der Waals surface area contributed by atoms with Crippen molar-refractivity contribution >= 4 is 11.8 Å². The van der Waals surface area contributed by atoms with Crippen molar-refractivity contribution in [1.29, 1.82) is 0 Å². The third-order valence-corrected chi connectivity index (χ3v) is 3.30. The van der Waals surface area contributed by atoms with Crippen LogP contribution >= 0.6 is 0 Å². The highest BCUT2D eigenvalue weighted by Gasteiger charge is 2.43. The molecule has 0 aliphatic carbocycles. The molecular weight excluding hydrogens is 240 g/mol. The van der Waals surface area contributed by atoms with Crippen LogP contribution in [0.5, 0.6) is 0 Å². The molecule has 8 nitrogen and oxygen atoms in total. The van der Waals surface area contributed by atoms with Gasteiger partial charge in [-0.25, -0.2) is 14.7 Å². The molecule has 1 atom stereocenters. The zero-order valence-corrected chi connectivity index (χ0v) is 9.89. The predicted molar refractivity (Wildman–Crippen MR) is 62.7 cm³/mol. The Labute approximate surface area is 102 Å². The van der Waals surface area contributed by atoms with Gasteiger partial charge in [0.25, 0.3) is 5.56 Å². The number of rotatable bonds is 2. The van der Waals surface area contributed by atoms with E-state index < -0.39 is 22.8 Å². The molecule has 1 aromatic rings. The largest absolute Gasteiger partial charge is 0.480 e. The number of aromatic nitrogens is 3. The number of aromatic amines is 2. The van der Waals surface area contributed by atoms with E-state index in [2.05, 4.69) is 10.2 Å². The van der Waals surface area contributed by atoms with Gasteiger partial charge >= 0.3 is 11.7 Å². The lowest BCUT2D eigenvalue weighted by atomic mass is 9.88. The quantitative estimate of drug-likeness (QED) is 0.641. The van der Waals surface area contributed by atoms with Gasteiger partial charge in [-0.2, -0.15) is 0 Å². The molecule has 1 fully saturated rings. The van der Waals surface area contributed by atoms with Gasteiger partial charge in [-0.05, 0) is 26.2 Å². The number of carboxylic acids is 1. The van der Waals surface area contributed by atoms with Crippen LogP contribution in [0.25, 0.3) is 0 Å². The molecule has 0 bridgehead atoms. The Hall–Kier alpha value is -2.12. The Morgan fingerprint density at radius 2 is 2.17 bits per heavy atom. The van der Waals surface area contributed by atoms with E-state index in [1.165, 1.54) is 4.90 Å². The van der Waals surface area contributed by atoms with Crippen LogP contribution in [0.2, 0.25) is 0 Å². The van der Waals surface area contributed by atoms with Crippen LogP contribution in [0, 0.1) is 0 Å². The Morgan fingerprint density at radius 1 is 1.44 bits per heavy atom. The summed E-state index contributed by atoms with van der Waals surface area (Å²) < 4.78 is 0. The average Bonchev–Trinajstić information content (AvgIpc) is 2.30. The molecule has 1 aliphatic rings. The molecule has 1 aliphatic heterocycles. The van der Waals surface area contributed by atoms with E-state index in [0.29, 0.717) is 13.0 Å². The van der Waals surface area contributed by atoms with E-state index >= 15 is 0 Å². The van der Waals surface area contributed by atoms with Crippen LogP contribution in [0.3, 0.4) is 0 Å². The van der Waals surface area contributed by atoms with E-state index in [-0.39, 0.29) is 5.82 Å². The molecule has 1 unspecified atom stereocenters. The second kappa shape index (κ2) is 4.28. The fourth-order valence-corrected chi connectivity index (χ4v) is 2.21. The highest BCUT2D eigenvalue weighted by Crippen LogP contribution is 2.30. The van der Waals surface area contributed by atoms with Gasteiger partial charge < -0.3 is 10.0 Å². The van der Waals surface area contributed by atoms with Crippen LogP contribution < -0.4 is 16.1 Å². The van der Waals surface area contributed by atoms with E-state index in [0.717, 1.165) is 12.8 Å². The topological polar surface area (TPSA) is 119 Å². The fourth-order valence-electron chi connectivity index (χ4n) is 2.21. The zero-order valence-electron chi connectivity index (χ0n) is 9.89. The van der Waals surface area contributed by atoms with Gasteiger partial charge in [0.1, 0.15) is 5.54 Å². The first kappa shape index (κ1) is 12.3. The minimum atomic E-state index is -1.17. The van der Waals surface area contributed by atoms with Gasteiger partial charge in [-0.15, -0.1) is 5.10 Å². The maximum Gasteiger partial charge on any atom is 0.342 e. The molecule has 0 radical (unpaired) electrons. The maximum absolute atomic E-state index is 11.7. The summed E-state index contributed by atoms with van der Waals surface area (Å²) in [6.45, 7) is 1.98. The molecule has 0 amide bonds. The second-order valence-corrected chi connectivity index (χ2v) is 4.52. The Morgan fingerprint density at radius 3 is 2.78 bits per heavy atom. The van der Waals surface area contributed by atoms with Crippen LogP contribution in [0.15, 0.2) is 9.59 Å². The molecule has 0 saturated carbocycles. The van der Waals surface area contributed by atoms with Crippen molar-refractivity contribution in [2.75, 3.05) is 11.4 Å². The number of H-pyrrole nitrogens is 2. The van der Waals surface area contributed by atoms with Crippen molar-refractivity contribution in [3.05, 3.63) is 20.8 Å². The molecule has 18 heavy (non-hydrogen) atoms. The van der Waals surface area contributed by atoms with Crippen LogP contribution in [-0.4, -0.2) is 38.3 Å². The average molecular weight is 254 g/mol. The fraction of sp³-hybridized carbons (Fsp3) is 0.600. The van der Waals surface area contributed by atoms with Crippen LogP contribution in [0.1, 0.15) is 26.2 Å². The second-order valence-electron chi connectivity index (χ2n) is 4.52. The maximum atomic E-state index is 11.7. The summed E-state index contributed by atoms with van der Waals surface area (Å²) in [5, 5.41) is 15.1. The number of piperidine rings is 1. The Bertz CT molecular complexity index is 578. The van der Waals surface area contributed by atoms with Crippen molar-refractivity contribution < 1.29 is 9.90 Å². The normalized spacial score (nSPS) is 23.9. The predicted octanol–water partition coefficient (Wildman–Crippen LogP) is -0.708. The summed E-state index contributed by atoms with van der Waals surface area (Å²) in [6, 6.07) is 0. The molecule has 0 aromatic carbocycles. The molecule has 3 N–H and O–H groups in total. The lowest BCUT2D eigenvalue weighted by Crippen LogP contribution is -2.57. The molecule has 1 aromatic heterocycles. The van der Waals surface area contributed by atoms with Crippen LogP contribution in [0.4, 0.5) is 5.82 Å². The summed E-state index contributed by atoms with van der Waals surface area (Å²) in [5.74, 6) is -1.06. The third-order valence-electron chi connectivity index (χ3n) is 3.30. The van der Waals surface area contributed by atoms with Gasteiger partial charge in [-0.1, -0.05) is 0 Å². The van der Waals surface area contributed by atoms with Crippen molar-refractivity contribution in [1.82, 2.24) is 15.2 Å². The number of hydrogen-bond acceptors (Lipinski definition) is 5. The van der Waals surface area contributed by atoms with E-state index in [1.807, 2.05) is 4.98 Å². The minimum Gasteiger partial charge on any atom is -0.480 e. The summed E-state index contributed by atoms with van der Waals surface area (Å²) in [4.78, 5) is 37.5. The molecular formula is C10H14N4O4. The van der Waals surface area contributed by atoms with E-state index in [9.17, 15) is 19.5 Å². The molecule has 2 heterocycles. The zero-order chi connectivity index (χ0) is 13.3. The van der Waals surface area contributed by atoms with E-state index in [1.54, 1.807) is 6.92 Å². The summed E-state index contributed by atoms with van der Waals surface area (Å²) in [7, 11) is 0. The van der Waals surface area contributed by atoms with Gasteiger partial charge in [-0.3, -0.25) is 9.78 Å². The van der Waals surface area contributed by atoms with Gasteiger partial charge in [0.15, 0.2) is 0 Å². The minimum absolute atomic E-state index is 0.0563. The first-order chi connectivity index (χ1) is 8.45. The van der Waals surface area contributed by atoms with Crippen LogP contribution in [-0.2, 0) is 4.79 Å². The smallest absolute Gasteiger partial charge is 0.342 e. The number of aliphatic carboxylic acids is 1. The standard InChI is InChI=1S/C10H14N4O4/c1-10(8(16)17)4-2-3-5-14(10)6-7(15)11-9(18)13-12-6/h2-5H2,1H3,(H,16,17)(H2,11,13,15,18). The Kier molecular flexibility index (Phi) is 2.93. The summed E-state index contributed by atoms with van der Waals surface area (Å²) in [5.41, 5.74) is -2.55. The molecule has 8 heteroatoms. The van der Waals surface area contributed by atoms with Gasteiger partial charge in [0.05, 0.1) is 0 Å². The van der Waals surface area contributed by atoms with Crippen molar-refractivity contribution in [3.63, 3.8) is 0 Å². The number of nitrogens with one attached hydrogen (secondary N) is 2. The highest BCUT2D eigenvalue weighted by molar-refractivity contribution is 5.82. The number of carboxylic acid groups (broad SMARTS) is 1. The molecule has 98 valence electrons. The van der Waals surface area contributed by atoms with Gasteiger partial charge in [0.2, 0.25) is 5.82 Å². The summed E-state index contributed by atoms with van der Waals surface area (Å²) in [6.07, 6.45) is 1.99. The number of anilines is 1. The lowest BCUT2D eigenvalue weighted by molar-refractivity contribution is -0.143. The lowest BCUT2D eigenvalue weighted by Gasteiger charge is -2.41. The molecule has 1 saturated heterocycles. The number of hydrogen-bond donors (Lipinski definition) is 3. The molecule has 0 spiro atoms. The Balaban J connectivity index is 2.50. The van der Waals surface area contributed by atoms with Crippen molar-refractivity contribution in [3.8, 4) is 0 Å². The highest BCUT2D eigenvalue weighted by atomic mass is 16.4. The SMILES string of the molecule is CC1(C(=O)O)CCCCN1c1n[nH]c(=O)[nH]c1=O. The third kappa shape index (κ3) is 1.89. The monoisotopic (exact) mass is 254 g/mol.